The van der Waals surface area contributed by atoms with E-state index in [4.69, 9.17) is 11.6 Å². The zero-order valence-electron chi connectivity index (χ0n) is 18.1. The molecule has 0 spiro atoms. The van der Waals surface area contributed by atoms with E-state index < -0.39 is 6.97 Å². The summed E-state index contributed by atoms with van der Waals surface area (Å²) in [6.07, 6.45) is 1.42. The second kappa shape index (κ2) is 7.20. The summed E-state index contributed by atoms with van der Waals surface area (Å²) >= 11 is 10.1. The van der Waals surface area contributed by atoms with Crippen LogP contribution in [0.1, 0.15) is 62.2 Å². The van der Waals surface area contributed by atoms with E-state index >= 15 is 8.63 Å². The summed E-state index contributed by atoms with van der Waals surface area (Å²) in [6, 6.07) is 5.64. The third-order valence-electron chi connectivity index (χ3n) is 6.72. The van der Waals surface area contributed by atoms with E-state index in [-0.39, 0.29) is 0 Å². The van der Waals surface area contributed by atoms with Crippen molar-refractivity contribution < 1.29 is 13.1 Å². The standard InChI is InChI=1S/C23H25BBrClF2N2/c1-7-16-12(3)22-20(18-10-9-11-19(26)21(18)25)23-13(4)17(8-2)15(6)30(23)24(27,28)29(22)14(16)5/h9-11H,7-8H2,1-6H3. The number of allylic oxidation sites excluding steroid dienone is 2. The maximum absolute atomic E-state index is 16.2. The van der Waals surface area contributed by atoms with Gasteiger partial charge in [-0.15, -0.1) is 0 Å². The number of fused-ring (bicyclic) bond motifs is 2. The van der Waals surface area contributed by atoms with Crippen molar-refractivity contribution in [3.05, 3.63) is 72.6 Å². The van der Waals surface area contributed by atoms with Gasteiger partial charge in [0, 0.05) is 33.8 Å². The monoisotopic (exact) mass is 492 g/mol. The molecular formula is C23H25BBrClF2N2. The van der Waals surface area contributed by atoms with Gasteiger partial charge < -0.3 is 17.6 Å². The summed E-state index contributed by atoms with van der Waals surface area (Å²) in [7, 11) is 0. The molecule has 3 heterocycles. The quantitative estimate of drug-likeness (QED) is 0.397. The minimum Gasteiger partial charge on any atom is -0.393 e. The van der Waals surface area contributed by atoms with Gasteiger partial charge in [0.15, 0.2) is 5.70 Å². The zero-order chi connectivity index (χ0) is 22.1. The van der Waals surface area contributed by atoms with E-state index in [1.807, 2.05) is 53.7 Å². The van der Waals surface area contributed by atoms with Crippen LogP contribution in [0.3, 0.4) is 0 Å². The van der Waals surface area contributed by atoms with Crippen molar-refractivity contribution in [1.29, 1.82) is 0 Å². The topological polar surface area (TPSA) is 7.94 Å². The summed E-state index contributed by atoms with van der Waals surface area (Å²) in [5.74, 6) is 0. The van der Waals surface area contributed by atoms with Crippen LogP contribution in [0.25, 0.3) is 5.57 Å². The van der Waals surface area contributed by atoms with Crippen LogP contribution in [0.15, 0.2) is 39.5 Å². The van der Waals surface area contributed by atoms with Gasteiger partial charge >= 0.3 is 6.97 Å². The van der Waals surface area contributed by atoms with E-state index in [0.717, 1.165) is 37.9 Å². The van der Waals surface area contributed by atoms with Crippen LogP contribution in [-0.4, -0.2) is 21.6 Å². The van der Waals surface area contributed by atoms with Gasteiger partial charge in [0.1, 0.15) is 5.71 Å². The highest BCUT2D eigenvalue weighted by atomic mass is 79.9. The molecule has 2 aromatic rings. The van der Waals surface area contributed by atoms with Crippen LogP contribution in [0.2, 0.25) is 5.02 Å². The average molecular weight is 494 g/mol. The number of hydrogen-bond acceptors (Lipinski definition) is 0. The predicted octanol–water partition coefficient (Wildman–Crippen LogP) is 7.29. The predicted molar refractivity (Wildman–Crippen MR) is 126 cm³/mol. The normalized spacial score (nSPS) is 17.8. The van der Waals surface area contributed by atoms with Gasteiger partial charge in [0.2, 0.25) is 0 Å². The molecule has 7 heteroatoms. The fourth-order valence-electron chi connectivity index (χ4n) is 5.43. The molecule has 2 aliphatic rings. The maximum Gasteiger partial charge on any atom is 0.737 e. The van der Waals surface area contributed by atoms with Crippen LogP contribution in [0.5, 0.6) is 0 Å². The van der Waals surface area contributed by atoms with E-state index in [2.05, 4.69) is 15.9 Å². The van der Waals surface area contributed by atoms with Crippen molar-refractivity contribution in [2.45, 2.75) is 54.4 Å². The molecular weight excluding hydrogens is 468 g/mol. The third-order valence-corrected chi connectivity index (χ3v) is 8.11. The molecule has 4 rings (SSSR count). The Morgan fingerprint density at radius 3 is 2.37 bits per heavy atom. The molecule has 0 radical (unpaired) electrons. The maximum atomic E-state index is 16.2. The van der Waals surface area contributed by atoms with Gasteiger partial charge in [-0.2, -0.15) is 0 Å². The second-order valence-corrected chi connectivity index (χ2v) is 9.29. The summed E-state index contributed by atoms with van der Waals surface area (Å²) < 4.78 is 35.7. The largest absolute Gasteiger partial charge is 0.737 e. The molecule has 2 nitrogen and oxygen atoms in total. The first-order valence-corrected chi connectivity index (χ1v) is 11.5. The van der Waals surface area contributed by atoms with Crippen molar-refractivity contribution in [2.24, 2.45) is 0 Å². The third kappa shape index (κ3) is 2.62. The molecule has 0 amide bonds. The molecule has 0 aliphatic carbocycles. The molecule has 0 saturated carbocycles. The zero-order valence-corrected chi connectivity index (χ0v) is 20.5. The molecule has 158 valence electrons. The van der Waals surface area contributed by atoms with Crippen molar-refractivity contribution >= 4 is 45.8 Å². The summed E-state index contributed by atoms with van der Waals surface area (Å²) in [4.78, 5) is 0. The number of hydrogen-bond donors (Lipinski definition) is 0. The minimum atomic E-state index is -4.01. The first kappa shape index (κ1) is 21.6. The van der Waals surface area contributed by atoms with Gasteiger partial charge in [0.05, 0.1) is 10.6 Å². The Hall–Kier alpha value is -1.66. The Balaban J connectivity index is 2.27. The first-order chi connectivity index (χ1) is 14.1. The van der Waals surface area contributed by atoms with Gasteiger partial charge in [-0.05, 0) is 72.4 Å². The highest BCUT2D eigenvalue weighted by Gasteiger charge is 2.56. The lowest BCUT2D eigenvalue weighted by atomic mass is 9.83. The molecule has 0 saturated heterocycles. The van der Waals surface area contributed by atoms with Crippen LogP contribution < -0.4 is 0 Å². The van der Waals surface area contributed by atoms with Crippen LogP contribution >= 0.6 is 27.5 Å². The fourth-order valence-corrected chi connectivity index (χ4v) is 6.07. The Kier molecular flexibility index (Phi) is 5.18. The SMILES string of the molecule is CCC1=C(C)C2=C(c3cccc(Cl)c3Br)c3c(C)c(CC)c(C)n3[B-](F)(F)[N+]2=C1C. The van der Waals surface area contributed by atoms with E-state index in [0.29, 0.717) is 40.7 Å². The highest BCUT2D eigenvalue weighted by molar-refractivity contribution is 9.10. The lowest BCUT2D eigenvalue weighted by Crippen LogP contribution is -2.51. The number of aromatic nitrogens is 1. The molecule has 0 bridgehead atoms. The lowest BCUT2D eigenvalue weighted by Gasteiger charge is -2.34. The van der Waals surface area contributed by atoms with Crippen molar-refractivity contribution in [3.63, 3.8) is 0 Å². The summed E-state index contributed by atoms with van der Waals surface area (Å²) in [6.45, 7) is 7.58. The van der Waals surface area contributed by atoms with Crippen molar-refractivity contribution in [1.82, 2.24) is 4.48 Å². The molecule has 0 atom stereocenters. The number of benzene rings is 1. The van der Waals surface area contributed by atoms with E-state index in [1.54, 1.807) is 6.07 Å². The Morgan fingerprint density at radius 1 is 1.10 bits per heavy atom. The van der Waals surface area contributed by atoms with E-state index in [1.165, 1.54) is 8.96 Å². The second-order valence-electron chi connectivity index (χ2n) is 8.09. The van der Waals surface area contributed by atoms with Gasteiger partial charge in [-0.25, -0.2) is 0 Å². The molecule has 1 aromatic heterocycles. The number of halogens is 4. The smallest absolute Gasteiger partial charge is 0.393 e. The lowest BCUT2D eigenvalue weighted by molar-refractivity contribution is -0.363. The Morgan fingerprint density at radius 2 is 1.77 bits per heavy atom. The molecule has 1 aromatic carbocycles. The highest BCUT2D eigenvalue weighted by Crippen LogP contribution is 2.48. The van der Waals surface area contributed by atoms with Crippen LogP contribution in [0.4, 0.5) is 8.63 Å². The van der Waals surface area contributed by atoms with Crippen LogP contribution in [0, 0.1) is 13.8 Å². The Bertz CT molecular complexity index is 1200. The molecule has 0 unspecified atom stereocenters. The van der Waals surface area contributed by atoms with E-state index in [9.17, 15) is 0 Å². The summed E-state index contributed by atoms with van der Waals surface area (Å²) in [5, 5.41) is 0.564. The molecule has 0 N–H and O–H groups in total. The van der Waals surface area contributed by atoms with Crippen molar-refractivity contribution in [2.75, 3.05) is 0 Å². The van der Waals surface area contributed by atoms with Crippen LogP contribution in [-0.2, 0) is 6.42 Å². The minimum absolute atomic E-state index is 0.564. The molecule has 0 fully saturated rings. The average Bonchev–Trinajstić information content (AvgIpc) is 3.10. The molecule has 2 aliphatic heterocycles. The fraction of sp³-hybridized carbons (Fsp3) is 0.348. The summed E-state index contributed by atoms with van der Waals surface area (Å²) in [5.41, 5.74) is 7.95. The Labute approximate surface area is 190 Å². The van der Waals surface area contributed by atoms with Crippen molar-refractivity contribution in [3.8, 4) is 0 Å². The number of nitrogens with zero attached hydrogens (tertiary/aromatic N) is 2. The number of rotatable bonds is 3. The first-order valence-electron chi connectivity index (χ1n) is 10.3. The van der Waals surface area contributed by atoms with Gasteiger partial charge in [-0.3, -0.25) is 0 Å². The van der Waals surface area contributed by atoms with Gasteiger partial charge in [-0.1, -0.05) is 37.6 Å². The van der Waals surface area contributed by atoms with Gasteiger partial charge in [0.25, 0.3) is 0 Å². The molecule has 30 heavy (non-hydrogen) atoms.